The second-order valence-electron chi connectivity index (χ2n) is 8.53. The third-order valence-corrected chi connectivity index (χ3v) is 6.27. The van der Waals surface area contributed by atoms with Gasteiger partial charge in [-0.2, -0.15) is 0 Å². The Morgan fingerprint density at radius 3 is 2.62 bits per heavy atom. The number of aryl methyl sites for hydroxylation is 3. The van der Waals surface area contributed by atoms with E-state index in [9.17, 15) is 9.59 Å². The third kappa shape index (κ3) is 4.71. The Balaban J connectivity index is 1.32. The maximum atomic E-state index is 13.3. The summed E-state index contributed by atoms with van der Waals surface area (Å²) in [5, 5.41) is 3.11. The summed E-state index contributed by atoms with van der Waals surface area (Å²) in [6, 6.07) is 25.5. The van der Waals surface area contributed by atoms with E-state index in [-0.39, 0.29) is 23.9 Å². The van der Waals surface area contributed by atoms with E-state index in [0.29, 0.717) is 25.3 Å². The van der Waals surface area contributed by atoms with Crippen LogP contribution in [-0.2, 0) is 24.2 Å². The predicted molar refractivity (Wildman–Crippen MR) is 132 cm³/mol. The first-order valence-electron chi connectivity index (χ1n) is 11.7. The number of hydrogen-bond donors (Lipinski definition) is 1. The van der Waals surface area contributed by atoms with E-state index in [2.05, 4.69) is 22.4 Å². The largest absolute Gasteiger partial charge is 0.493 e. The number of fused-ring (bicyclic) bond motifs is 2. The Labute approximate surface area is 198 Å². The molecule has 0 saturated heterocycles. The number of carbonyl (C=O) groups excluding carboxylic acids is 1. The Kier molecular flexibility index (Phi) is 6.38. The highest BCUT2D eigenvalue weighted by Crippen LogP contribution is 2.31. The molecule has 1 atom stereocenters. The molecule has 2 heterocycles. The third-order valence-electron chi connectivity index (χ3n) is 6.27. The molecule has 5 rings (SSSR count). The molecule has 6 nitrogen and oxygen atoms in total. The molecule has 6 heteroatoms. The topological polar surface area (TPSA) is 73.2 Å². The van der Waals surface area contributed by atoms with Gasteiger partial charge in [-0.3, -0.25) is 9.59 Å². The highest BCUT2D eigenvalue weighted by atomic mass is 16.5. The lowest BCUT2D eigenvalue weighted by Crippen LogP contribution is -2.33. The van der Waals surface area contributed by atoms with E-state index < -0.39 is 0 Å². The summed E-state index contributed by atoms with van der Waals surface area (Å²) in [7, 11) is 0. The van der Waals surface area contributed by atoms with Crippen LogP contribution in [0.15, 0.2) is 83.7 Å². The van der Waals surface area contributed by atoms with Gasteiger partial charge in [0, 0.05) is 31.4 Å². The van der Waals surface area contributed by atoms with Crippen molar-refractivity contribution >= 4 is 16.9 Å². The second kappa shape index (κ2) is 9.91. The van der Waals surface area contributed by atoms with Crippen molar-refractivity contribution in [3.05, 3.63) is 106 Å². The van der Waals surface area contributed by atoms with Gasteiger partial charge in [0.25, 0.3) is 5.56 Å². The summed E-state index contributed by atoms with van der Waals surface area (Å²) in [5.41, 5.74) is 4.05. The molecule has 4 aromatic rings. The Hall–Kier alpha value is -3.93. The van der Waals surface area contributed by atoms with Crippen molar-refractivity contribution in [3.8, 4) is 5.75 Å². The van der Waals surface area contributed by atoms with Crippen LogP contribution in [0.4, 0.5) is 0 Å². The molecule has 0 spiro atoms. The molecule has 0 bridgehead atoms. The molecule has 1 aliphatic heterocycles. The molecule has 0 unspecified atom stereocenters. The number of rotatable bonds is 7. The first kappa shape index (κ1) is 21.9. The van der Waals surface area contributed by atoms with Gasteiger partial charge in [0.1, 0.15) is 11.4 Å². The van der Waals surface area contributed by atoms with Gasteiger partial charge in [-0.05, 0) is 30.2 Å². The lowest BCUT2D eigenvalue weighted by molar-refractivity contribution is -0.122. The minimum absolute atomic E-state index is 0.0791. The van der Waals surface area contributed by atoms with E-state index >= 15 is 0 Å². The first-order valence-corrected chi connectivity index (χ1v) is 11.7. The quantitative estimate of drug-likeness (QED) is 0.455. The minimum Gasteiger partial charge on any atom is -0.493 e. The predicted octanol–water partition coefficient (Wildman–Crippen LogP) is 4.21. The summed E-state index contributed by atoms with van der Waals surface area (Å²) >= 11 is 0. The zero-order chi connectivity index (χ0) is 23.3. The van der Waals surface area contributed by atoms with E-state index in [4.69, 9.17) is 4.74 Å². The zero-order valence-electron chi connectivity index (χ0n) is 18.9. The van der Waals surface area contributed by atoms with E-state index in [0.717, 1.165) is 35.2 Å². The highest BCUT2D eigenvalue weighted by Gasteiger charge is 2.23. The smallest absolute Gasteiger partial charge is 0.272 e. The van der Waals surface area contributed by atoms with Crippen LogP contribution in [-0.4, -0.2) is 22.1 Å². The van der Waals surface area contributed by atoms with Crippen molar-refractivity contribution in [2.24, 2.45) is 0 Å². The van der Waals surface area contributed by atoms with Crippen molar-refractivity contribution in [1.82, 2.24) is 14.9 Å². The molecule has 1 N–H and O–H groups in total. The second-order valence-corrected chi connectivity index (χ2v) is 8.53. The Morgan fingerprint density at radius 2 is 1.74 bits per heavy atom. The van der Waals surface area contributed by atoms with Crippen molar-refractivity contribution < 1.29 is 9.53 Å². The molecule has 1 amide bonds. The number of amides is 1. The lowest BCUT2D eigenvalue weighted by Gasteiger charge is -2.26. The lowest BCUT2D eigenvalue weighted by atomic mass is 10.0. The fraction of sp³-hybridized carbons (Fsp3) is 0.250. The number of hydrogen-bond acceptors (Lipinski definition) is 4. The number of nitrogens with zero attached hydrogens (tertiary/aromatic N) is 2. The summed E-state index contributed by atoms with van der Waals surface area (Å²) in [6.45, 7) is 1.13. The Bertz CT molecular complexity index is 1360. The average molecular weight is 454 g/mol. The van der Waals surface area contributed by atoms with Crippen LogP contribution in [0.3, 0.4) is 0 Å². The first-order chi connectivity index (χ1) is 16.7. The molecular weight excluding hydrogens is 426 g/mol. The van der Waals surface area contributed by atoms with Crippen molar-refractivity contribution in [3.63, 3.8) is 0 Å². The number of ether oxygens (including phenoxy) is 1. The van der Waals surface area contributed by atoms with E-state index in [1.807, 2.05) is 66.7 Å². The number of para-hydroxylation sites is 3. The van der Waals surface area contributed by atoms with Crippen LogP contribution in [0.25, 0.3) is 11.0 Å². The van der Waals surface area contributed by atoms with Gasteiger partial charge >= 0.3 is 0 Å². The monoisotopic (exact) mass is 453 g/mol. The normalized spacial score (nSPS) is 14.9. The van der Waals surface area contributed by atoms with Crippen molar-refractivity contribution in [1.29, 1.82) is 0 Å². The van der Waals surface area contributed by atoms with Gasteiger partial charge in [0.2, 0.25) is 5.91 Å². The van der Waals surface area contributed by atoms with Crippen LogP contribution in [0.5, 0.6) is 5.75 Å². The molecule has 0 saturated carbocycles. The van der Waals surface area contributed by atoms with E-state index in [1.165, 1.54) is 5.56 Å². The van der Waals surface area contributed by atoms with Crippen LogP contribution in [0, 0.1) is 0 Å². The molecule has 0 radical (unpaired) electrons. The molecule has 34 heavy (non-hydrogen) atoms. The fourth-order valence-corrected chi connectivity index (χ4v) is 4.51. The van der Waals surface area contributed by atoms with Crippen LogP contribution >= 0.6 is 0 Å². The van der Waals surface area contributed by atoms with Gasteiger partial charge in [-0.15, -0.1) is 0 Å². The van der Waals surface area contributed by atoms with Crippen LogP contribution < -0.4 is 15.6 Å². The highest BCUT2D eigenvalue weighted by molar-refractivity contribution is 5.77. The zero-order valence-corrected chi connectivity index (χ0v) is 18.9. The van der Waals surface area contributed by atoms with E-state index in [1.54, 1.807) is 4.57 Å². The number of carbonyl (C=O) groups is 1. The van der Waals surface area contributed by atoms with Gasteiger partial charge < -0.3 is 14.6 Å². The number of aromatic nitrogens is 2. The van der Waals surface area contributed by atoms with Gasteiger partial charge in [0.05, 0.1) is 23.7 Å². The summed E-state index contributed by atoms with van der Waals surface area (Å²) in [5.74, 6) is 0.725. The summed E-state index contributed by atoms with van der Waals surface area (Å²) < 4.78 is 7.47. The standard InChI is InChI=1S/C28H27N3O3/c32-27(30-22-17-19-34-26-13-7-4-10-21(22)26)15-14-24-28(33)31(18-16-20-8-2-1-3-9-20)25-12-6-5-11-23(25)29-24/h1-13,22H,14-19H2,(H,30,32)/t22-/m0/s1. The fourth-order valence-electron chi connectivity index (χ4n) is 4.51. The Morgan fingerprint density at radius 1 is 0.971 bits per heavy atom. The maximum absolute atomic E-state index is 13.3. The molecule has 0 aliphatic carbocycles. The van der Waals surface area contributed by atoms with Crippen molar-refractivity contribution in [2.45, 2.75) is 38.3 Å². The number of nitrogens with one attached hydrogen (secondary N) is 1. The number of benzene rings is 3. The van der Waals surface area contributed by atoms with Crippen molar-refractivity contribution in [2.75, 3.05) is 6.61 Å². The summed E-state index contributed by atoms with van der Waals surface area (Å²) in [4.78, 5) is 30.7. The maximum Gasteiger partial charge on any atom is 0.272 e. The van der Waals surface area contributed by atoms with Crippen LogP contribution in [0.2, 0.25) is 0 Å². The average Bonchev–Trinajstić information content (AvgIpc) is 2.88. The minimum atomic E-state index is -0.126. The van der Waals surface area contributed by atoms with Gasteiger partial charge in [-0.25, -0.2) is 4.98 Å². The molecule has 1 aromatic heterocycles. The molecular formula is C28H27N3O3. The molecule has 0 fully saturated rings. The van der Waals surface area contributed by atoms with Crippen LogP contribution in [0.1, 0.15) is 35.7 Å². The van der Waals surface area contributed by atoms with Gasteiger partial charge in [-0.1, -0.05) is 60.7 Å². The van der Waals surface area contributed by atoms with Gasteiger partial charge in [0.15, 0.2) is 0 Å². The molecule has 1 aliphatic rings. The SMILES string of the molecule is O=C(CCc1nc2ccccc2n(CCc2ccccc2)c1=O)N[C@H]1CCOc2ccccc21. The molecule has 172 valence electrons. The molecule has 3 aromatic carbocycles. The summed E-state index contributed by atoms with van der Waals surface area (Å²) in [6.07, 6.45) is 1.98.